The number of aromatic nitrogens is 1. The maximum absolute atomic E-state index is 12.0. The number of nitrogens with one attached hydrogen (secondary N) is 3. The molecule has 1 fully saturated rings. The number of hydrogen-bond donors (Lipinski definition) is 3. The molecule has 0 radical (unpaired) electrons. The van der Waals surface area contributed by atoms with Crippen molar-refractivity contribution in [2.24, 2.45) is 0 Å². The summed E-state index contributed by atoms with van der Waals surface area (Å²) >= 11 is 0. The zero-order valence-corrected chi connectivity index (χ0v) is 12.8. The van der Waals surface area contributed by atoms with Crippen molar-refractivity contribution in [2.75, 3.05) is 13.1 Å². The summed E-state index contributed by atoms with van der Waals surface area (Å²) in [4.78, 5) is 15.3. The number of para-hydroxylation sites is 1. The molecule has 0 bridgehead atoms. The second-order valence-corrected chi connectivity index (χ2v) is 5.40. The molecule has 0 spiro atoms. The van der Waals surface area contributed by atoms with E-state index in [4.69, 9.17) is 0 Å². The summed E-state index contributed by atoms with van der Waals surface area (Å²) in [6, 6.07) is 8.27. The van der Waals surface area contributed by atoms with Gasteiger partial charge in [-0.3, -0.25) is 4.79 Å². The molecule has 2 aromatic rings. The third kappa shape index (κ3) is 3.77. The van der Waals surface area contributed by atoms with Crippen LogP contribution in [0.3, 0.4) is 0 Å². The van der Waals surface area contributed by atoms with Gasteiger partial charge < -0.3 is 15.6 Å². The third-order valence-corrected chi connectivity index (χ3v) is 4.00. The van der Waals surface area contributed by atoms with E-state index in [1.165, 1.54) is 17.4 Å². The van der Waals surface area contributed by atoms with Crippen molar-refractivity contribution in [3.8, 4) is 0 Å². The SMILES string of the molecule is Cl.O=C(NCCc1c[nH]c2ccccc12)[C@@H]1CCCCN1. The Labute approximate surface area is 131 Å². The Morgan fingerprint density at radius 3 is 2.95 bits per heavy atom. The van der Waals surface area contributed by atoms with Gasteiger partial charge in [-0.2, -0.15) is 0 Å². The Morgan fingerprint density at radius 2 is 2.14 bits per heavy atom. The molecule has 2 heterocycles. The van der Waals surface area contributed by atoms with E-state index in [1.807, 2.05) is 18.3 Å². The van der Waals surface area contributed by atoms with Gasteiger partial charge in [0.05, 0.1) is 6.04 Å². The molecule has 114 valence electrons. The lowest BCUT2D eigenvalue weighted by Gasteiger charge is -2.22. The fourth-order valence-electron chi connectivity index (χ4n) is 2.86. The number of benzene rings is 1. The number of piperidine rings is 1. The van der Waals surface area contributed by atoms with E-state index < -0.39 is 0 Å². The van der Waals surface area contributed by atoms with Crippen LogP contribution in [0.5, 0.6) is 0 Å². The highest BCUT2D eigenvalue weighted by Crippen LogP contribution is 2.17. The van der Waals surface area contributed by atoms with Crippen LogP contribution in [0.15, 0.2) is 30.5 Å². The van der Waals surface area contributed by atoms with E-state index in [9.17, 15) is 4.79 Å². The average molecular weight is 308 g/mol. The number of carbonyl (C=O) groups excluding carboxylic acids is 1. The van der Waals surface area contributed by atoms with Gasteiger partial charge in [0, 0.05) is 23.6 Å². The fourth-order valence-corrected chi connectivity index (χ4v) is 2.86. The summed E-state index contributed by atoms with van der Waals surface area (Å²) in [6.45, 7) is 1.65. The fraction of sp³-hybridized carbons (Fsp3) is 0.438. The minimum absolute atomic E-state index is 0. The molecule has 4 nitrogen and oxygen atoms in total. The normalized spacial score (nSPS) is 18.2. The predicted octanol–water partition coefficient (Wildman–Crippen LogP) is 2.39. The van der Waals surface area contributed by atoms with Crippen molar-refractivity contribution < 1.29 is 4.79 Å². The van der Waals surface area contributed by atoms with E-state index in [2.05, 4.69) is 27.8 Å². The van der Waals surface area contributed by atoms with E-state index in [1.54, 1.807) is 0 Å². The van der Waals surface area contributed by atoms with Gasteiger partial charge in [-0.1, -0.05) is 24.6 Å². The topological polar surface area (TPSA) is 56.9 Å². The number of fused-ring (bicyclic) bond motifs is 1. The number of amides is 1. The van der Waals surface area contributed by atoms with Gasteiger partial charge in [-0.05, 0) is 37.4 Å². The number of hydrogen-bond acceptors (Lipinski definition) is 2. The van der Waals surface area contributed by atoms with Gasteiger partial charge in [0.2, 0.25) is 5.91 Å². The summed E-state index contributed by atoms with van der Waals surface area (Å²) in [6.07, 6.45) is 6.18. The summed E-state index contributed by atoms with van der Waals surface area (Å²) in [5.41, 5.74) is 2.42. The molecule has 1 aliphatic heterocycles. The van der Waals surface area contributed by atoms with E-state index in [0.29, 0.717) is 6.54 Å². The second-order valence-electron chi connectivity index (χ2n) is 5.40. The van der Waals surface area contributed by atoms with Crippen LogP contribution in [0, 0.1) is 0 Å². The molecule has 1 saturated heterocycles. The van der Waals surface area contributed by atoms with Crippen molar-refractivity contribution in [1.82, 2.24) is 15.6 Å². The van der Waals surface area contributed by atoms with Crippen molar-refractivity contribution in [2.45, 2.75) is 31.7 Å². The highest BCUT2D eigenvalue weighted by molar-refractivity contribution is 5.85. The van der Waals surface area contributed by atoms with Crippen LogP contribution in [0.1, 0.15) is 24.8 Å². The molecule has 1 atom stereocenters. The van der Waals surface area contributed by atoms with Crippen LogP contribution < -0.4 is 10.6 Å². The first kappa shape index (κ1) is 15.9. The largest absolute Gasteiger partial charge is 0.361 e. The predicted molar refractivity (Wildman–Crippen MR) is 87.9 cm³/mol. The standard InChI is InChI=1S/C16H21N3O.ClH/c20-16(15-7-3-4-9-17-15)18-10-8-12-11-19-14-6-2-1-5-13(12)14;/h1-2,5-6,11,15,17,19H,3-4,7-10H2,(H,18,20);1H/t15-;/m0./s1. The summed E-state index contributed by atoms with van der Waals surface area (Å²) in [7, 11) is 0. The first-order valence-corrected chi connectivity index (χ1v) is 7.41. The molecule has 1 amide bonds. The van der Waals surface area contributed by atoms with Crippen LogP contribution in [0.2, 0.25) is 0 Å². The molecule has 21 heavy (non-hydrogen) atoms. The monoisotopic (exact) mass is 307 g/mol. The molecule has 3 N–H and O–H groups in total. The van der Waals surface area contributed by atoms with Gasteiger partial charge in [0.25, 0.3) is 0 Å². The number of H-pyrrole nitrogens is 1. The molecule has 3 rings (SSSR count). The highest BCUT2D eigenvalue weighted by Gasteiger charge is 2.19. The first-order chi connectivity index (χ1) is 9.84. The van der Waals surface area contributed by atoms with Gasteiger partial charge in [0.15, 0.2) is 0 Å². The lowest BCUT2D eigenvalue weighted by Crippen LogP contribution is -2.47. The van der Waals surface area contributed by atoms with Gasteiger partial charge >= 0.3 is 0 Å². The van der Waals surface area contributed by atoms with Crippen LogP contribution in [-0.4, -0.2) is 30.0 Å². The number of aromatic amines is 1. The minimum Gasteiger partial charge on any atom is -0.361 e. The average Bonchev–Trinajstić information content (AvgIpc) is 2.92. The van der Waals surface area contributed by atoms with Crippen LogP contribution in [0.25, 0.3) is 10.9 Å². The molecule has 0 unspecified atom stereocenters. The van der Waals surface area contributed by atoms with Gasteiger partial charge in [-0.25, -0.2) is 0 Å². The zero-order valence-electron chi connectivity index (χ0n) is 12.0. The minimum atomic E-state index is 0. The molecule has 5 heteroatoms. The Hall–Kier alpha value is -1.52. The molecule has 1 aliphatic rings. The Bertz CT molecular complexity index is 590. The number of rotatable bonds is 4. The molecule has 1 aromatic carbocycles. The van der Waals surface area contributed by atoms with Crippen molar-refractivity contribution >= 4 is 29.2 Å². The lowest BCUT2D eigenvalue weighted by molar-refractivity contribution is -0.123. The van der Waals surface area contributed by atoms with Gasteiger partial charge in [-0.15, -0.1) is 12.4 Å². The van der Waals surface area contributed by atoms with Crippen molar-refractivity contribution in [3.05, 3.63) is 36.0 Å². The molecule has 0 saturated carbocycles. The highest BCUT2D eigenvalue weighted by atomic mass is 35.5. The molecular formula is C16H22ClN3O. The Balaban J connectivity index is 0.00000161. The molecule has 1 aromatic heterocycles. The lowest BCUT2D eigenvalue weighted by atomic mass is 10.0. The van der Waals surface area contributed by atoms with Crippen molar-refractivity contribution in [1.29, 1.82) is 0 Å². The Morgan fingerprint density at radius 1 is 1.29 bits per heavy atom. The summed E-state index contributed by atoms with van der Waals surface area (Å²) < 4.78 is 0. The molecule has 0 aliphatic carbocycles. The first-order valence-electron chi connectivity index (χ1n) is 7.41. The van der Waals surface area contributed by atoms with E-state index in [0.717, 1.165) is 31.3 Å². The second kappa shape index (κ2) is 7.48. The van der Waals surface area contributed by atoms with Crippen LogP contribution >= 0.6 is 12.4 Å². The van der Waals surface area contributed by atoms with E-state index in [-0.39, 0.29) is 24.4 Å². The number of carbonyl (C=O) groups is 1. The molecular weight excluding hydrogens is 286 g/mol. The maximum Gasteiger partial charge on any atom is 0.237 e. The van der Waals surface area contributed by atoms with E-state index >= 15 is 0 Å². The zero-order chi connectivity index (χ0) is 13.8. The third-order valence-electron chi connectivity index (χ3n) is 4.00. The Kier molecular flexibility index (Phi) is 5.65. The summed E-state index contributed by atoms with van der Waals surface area (Å²) in [5.74, 6) is 0.143. The van der Waals surface area contributed by atoms with Gasteiger partial charge in [0.1, 0.15) is 0 Å². The van der Waals surface area contributed by atoms with Crippen molar-refractivity contribution in [3.63, 3.8) is 0 Å². The van der Waals surface area contributed by atoms with Crippen LogP contribution in [0.4, 0.5) is 0 Å². The smallest absolute Gasteiger partial charge is 0.237 e. The quantitative estimate of drug-likeness (QED) is 0.812. The summed E-state index contributed by atoms with van der Waals surface area (Å²) in [5, 5.41) is 7.56. The number of halogens is 1. The van der Waals surface area contributed by atoms with Crippen LogP contribution in [-0.2, 0) is 11.2 Å². The maximum atomic E-state index is 12.0.